The molecule has 0 bridgehead atoms. The van der Waals surface area contributed by atoms with Gasteiger partial charge in [-0.3, -0.25) is 9.59 Å². The van der Waals surface area contributed by atoms with Crippen molar-refractivity contribution >= 4 is 75.0 Å². The summed E-state index contributed by atoms with van der Waals surface area (Å²) in [5.74, 6) is 1.36. The van der Waals surface area contributed by atoms with Crippen molar-refractivity contribution in [1.82, 2.24) is 5.32 Å². The first-order valence-corrected chi connectivity index (χ1v) is 20.1. The van der Waals surface area contributed by atoms with Crippen molar-refractivity contribution in [3.05, 3.63) is 0 Å². The zero-order valence-electron chi connectivity index (χ0n) is 16.1. The number of unbranched alkanes of at least 4 members (excludes halogenated alkanes) is 9. The van der Waals surface area contributed by atoms with E-state index in [-0.39, 0.29) is 17.6 Å². The molecule has 1 amide bonds. The molecule has 0 aromatic heterocycles. The molecule has 1 atom stereocenters. The van der Waals surface area contributed by atoms with Gasteiger partial charge >= 0.3 is 49.4 Å². The van der Waals surface area contributed by atoms with Crippen molar-refractivity contribution in [2.75, 3.05) is 17.4 Å². The molecular weight excluding hydrogens is 634 g/mol. The molecule has 0 aliphatic rings. The number of carbonyl (C=O) groups is 2. The Morgan fingerprint density at radius 1 is 1.00 bits per heavy atom. The van der Waals surface area contributed by atoms with E-state index in [9.17, 15) is 9.59 Å². The number of amides is 1. The predicted octanol–water partition coefficient (Wildman–Crippen LogP) is 6.72. The maximum absolute atomic E-state index is 11.6. The van der Waals surface area contributed by atoms with Crippen molar-refractivity contribution in [1.29, 1.82) is 0 Å². The Labute approximate surface area is 198 Å². The van der Waals surface area contributed by atoms with E-state index < -0.39 is 6.04 Å². The Hall–Kier alpha value is 1.82. The van der Waals surface area contributed by atoms with Crippen LogP contribution in [0.25, 0.3) is 0 Å². The average Bonchev–Trinajstić information content (AvgIpc) is 2.61. The quantitative estimate of drug-likeness (QED) is 0.113. The third kappa shape index (κ3) is 23.9. The van der Waals surface area contributed by atoms with Crippen molar-refractivity contribution in [3.8, 4) is 0 Å². The van der Waals surface area contributed by atoms with E-state index in [1.807, 2.05) is 0 Å². The van der Waals surface area contributed by atoms with Gasteiger partial charge in [-0.15, -0.1) is 11.6 Å². The van der Waals surface area contributed by atoms with Gasteiger partial charge in [-0.1, -0.05) is 64.7 Å². The summed E-state index contributed by atoms with van der Waals surface area (Å²) in [5, 5.41) is 2.68. The molecule has 0 aliphatic heterocycles. The SMILES string of the molecule is CCCCCCCCCCCCSC[C@H](NC(C)=O)C(=O)CCl.[I][V][I]. The summed E-state index contributed by atoms with van der Waals surface area (Å²) in [4.78, 5) is 22.7. The summed E-state index contributed by atoms with van der Waals surface area (Å²) in [6.07, 6.45) is 13.3. The first kappa shape index (κ1) is 30.0. The van der Waals surface area contributed by atoms with Gasteiger partial charge in [0.05, 0.1) is 11.9 Å². The molecule has 26 heavy (non-hydrogen) atoms. The fourth-order valence-corrected chi connectivity index (χ4v) is 3.71. The van der Waals surface area contributed by atoms with Crippen LogP contribution in [0.3, 0.4) is 0 Å². The second-order valence-electron chi connectivity index (χ2n) is 6.17. The van der Waals surface area contributed by atoms with Gasteiger partial charge in [-0.05, 0) is 12.2 Å². The number of ketones is 1. The fraction of sp³-hybridized carbons (Fsp3) is 0.889. The second kappa shape index (κ2) is 24.9. The molecule has 0 heterocycles. The molecule has 0 aromatic carbocycles. The van der Waals surface area contributed by atoms with E-state index in [0.29, 0.717) is 15.2 Å². The number of rotatable bonds is 16. The first-order valence-electron chi connectivity index (χ1n) is 9.39. The van der Waals surface area contributed by atoms with Gasteiger partial charge in [0.1, 0.15) is 0 Å². The molecule has 0 spiro atoms. The van der Waals surface area contributed by atoms with Crippen LogP contribution in [0.5, 0.6) is 0 Å². The van der Waals surface area contributed by atoms with E-state index in [1.165, 1.54) is 71.1 Å². The van der Waals surface area contributed by atoms with E-state index in [0.717, 1.165) is 5.75 Å². The molecule has 3 nitrogen and oxygen atoms in total. The van der Waals surface area contributed by atoms with Crippen LogP contribution in [0.1, 0.15) is 78.1 Å². The molecule has 155 valence electrons. The van der Waals surface area contributed by atoms with Crippen LogP contribution in [0.2, 0.25) is 0 Å². The topological polar surface area (TPSA) is 46.2 Å². The zero-order valence-corrected chi connectivity index (χ0v) is 23.4. The first-order chi connectivity index (χ1) is 12.5. The van der Waals surface area contributed by atoms with E-state index in [2.05, 4.69) is 52.2 Å². The van der Waals surface area contributed by atoms with Crippen LogP contribution in [-0.4, -0.2) is 35.1 Å². The summed E-state index contributed by atoms with van der Waals surface area (Å²) < 4.78 is 0. The predicted molar refractivity (Wildman–Crippen MR) is 131 cm³/mol. The molecule has 0 saturated heterocycles. The molecule has 0 fully saturated rings. The monoisotopic (exact) mass is 668 g/mol. The van der Waals surface area contributed by atoms with Crippen LogP contribution in [0.4, 0.5) is 0 Å². The third-order valence-electron chi connectivity index (χ3n) is 3.82. The van der Waals surface area contributed by atoms with Crippen molar-refractivity contribution in [2.24, 2.45) is 0 Å². The summed E-state index contributed by atoms with van der Waals surface area (Å²) in [5.41, 5.74) is 0. The molecule has 8 heteroatoms. The van der Waals surface area contributed by atoms with Gasteiger partial charge in [0, 0.05) is 12.7 Å². The molecule has 1 N–H and O–H groups in total. The van der Waals surface area contributed by atoms with Gasteiger partial charge in [0.2, 0.25) is 5.91 Å². The number of thioether (sulfide) groups is 1. The standard InChI is InChI=1S/C18H34ClNO2S.2HI.V/c1-3-4-5-6-7-8-9-10-11-12-13-23-15-17(18(22)14-19)20-16(2)21;;;/h17H,3-15H2,1-2H3,(H,20,21);2*1H;/q;;;+2/p-2/t17-;;;/m0.../s1. The van der Waals surface area contributed by atoms with E-state index >= 15 is 0 Å². The van der Waals surface area contributed by atoms with Gasteiger partial charge in [-0.2, -0.15) is 11.8 Å². The Balaban J connectivity index is 0. The molecule has 0 radical (unpaired) electrons. The van der Waals surface area contributed by atoms with Gasteiger partial charge in [0.25, 0.3) is 0 Å². The number of hydrogen-bond donors (Lipinski definition) is 1. The van der Waals surface area contributed by atoms with E-state index in [4.69, 9.17) is 11.6 Å². The number of nitrogens with one attached hydrogen (secondary N) is 1. The van der Waals surface area contributed by atoms with Crippen LogP contribution >= 0.6 is 63.3 Å². The van der Waals surface area contributed by atoms with Crippen molar-refractivity contribution in [3.63, 3.8) is 0 Å². The van der Waals surface area contributed by atoms with Crippen LogP contribution in [-0.2, 0) is 19.1 Å². The zero-order chi connectivity index (χ0) is 20.0. The number of Topliss-reactive ketones (excluding diaryl/α,β-unsaturated/α-hetero) is 1. The number of hydrogen-bond acceptors (Lipinski definition) is 3. The minimum atomic E-state index is -0.432. The Morgan fingerprint density at radius 2 is 1.46 bits per heavy atom. The van der Waals surface area contributed by atoms with Crippen molar-refractivity contribution < 1.29 is 19.1 Å². The summed E-state index contributed by atoms with van der Waals surface area (Å²) in [7, 11) is 0.628. The second-order valence-corrected chi connectivity index (χ2v) is 19.4. The Kier molecular flexibility index (Phi) is 28.7. The fourth-order valence-electron chi connectivity index (χ4n) is 2.45. The molecule has 0 rings (SSSR count). The van der Waals surface area contributed by atoms with Gasteiger partial charge in [0.15, 0.2) is 5.78 Å². The van der Waals surface area contributed by atoms with Gasteiger partial charge < -0.3 is 5.32 Å². The summed E-state index contributed by atoms with van der Waals surface area (Å²) in [6, 6.07) is -0.432. The molecule has 0 unspecified atom stereocenters. The molecule has 0 aromatic rings. The number of alkyl halides is 1. The summed E-state index contributed by atoms with van der Waals surface area (Å²) in [6.45, 7) is 3.68. The summed E-state index contributed by atoms with van der Waals surface area (Å²) >= 11 is 12.0. The minimum absolute atomic E-state index is 0.0379. The molecular formula is C18H34ClI2NO2SV. The van der Waals surface area contributed by atoms with Gasteiger partial charge in [-0.25, -0.2) is 0 Å². The third-order valence-corrected chi connectivity index (χ3v) is 5.23. The van der Waals surface area contributed by atoms with E-state index in [1.54, 1.807) is 11.8 Å². The Morgan fingerprint density at radius 3 is 1.88 bits per heavy atom. The normalized spacial score (nSPS) is 11.3. The average molecular weight is 669 g/mol. The van der Waals surface area contributed by atoms with Crippen molar-refractivity contribution in [2.45, 2.75) is 84.1 Å². The molecule has 0 saturated carbocycles. The van der Waals surface area contributed by atoms with Crippen LogP contribution in [0, 0.1) is 0 Å². The maximum atomic E-state index is 11.6. The number of halogens is 3. The van der Waals surface area contributed by atoms with Crippen LogP contribution in [0.15, 0.2) is 0 Å². The Bertz CT molecular complexity index is 342. The molecule has 0 aliphatic carbocycles. The number of carbonyl (C=O) groups excluding carboxylic acids is 2. The van der Waals surface area contributed by atoms with Crippen LogP contribution < -0.4 is 5.32 Å².